The second kappa shape index (κ2) is 7.62. The second-order valence-corrected chi connectivity index (χ2v) is 4.05. The lowest BCUT2D eigenvalue weighted by molar-refractivity contribution is -0.121. The third-order valence-electron chi connectivity index (χ3n) is 2.69. The van der Waals surface area contributed by atoms with E-state index in [4.69, 9.17) is 9.47 Å². The van der Waals surface area contributed by atoms with E-state index in [0.717, 1.165) is 0 Å². The Labute approximate surface area is 117 Å². The molecule has 0 aromatic heterocycles. The molecule has 4 nitrogen and oxygen atoms in total. The Kier molecular flexibility index (Phi) is 6.15. The fraction of sp³-hybridized carbons (Fsp3) is 0.467. The number of ether oxygens (including phenoxy) is 2. The molecule has 0 saturated carbocycles. The van der Waals surface area contributed by atoms with Gasteiger partial charge in [-0.1, -0.05) is 13.0 Å². The molecule has 1 rings (SSSR count). The first-order valence-corrected chi connectivity index (χ1v) is 6.66. The van der Waals surface area contributed by atoms with E-state index in [9.17, 15) is 14.0 Å². The molecule has 1 aromatic carbocycles. The van der Waals surface area contributed by atoms with Crippen LogP contribution in [0.4, 0.5) is 4.39 Å². The number of halogens is 1. The summed E-state index contributed by atoms with van der Waals surface area (Å²) in [7, 11) is 0. The van der Waals surface area contributed by atoms with E-state index < -0.39 is 17.7 Å². The lowest BCUT2D eigenvalue weighted by Gasteiger charge is -2.15. The van der Waals surface area contributed by atoms with Crippen molar-refractivity contribution in [1.82, 2.24) is 0 Å². The van der Waals surface area contributed by atoms with Gasteiger partial charge in [-0.05, 0) is 26.0 Å². The average molecular weight is 282 g/mol. The lowest BCUT2D eigenvalue weighted by atomic mass is 10.0. The monoisotopic (exact) mass is 282 g/mol. The first kappa shape index (κ1) is 16.1. The molecule has 0 aliphatic rings. The molecule has 0 bridgehead atoms. The highest BCUT2D eigenvalue weighted by Gasteiger charge is 2.29. The van der Waals surface area contributed by atoms with Crippen LogP contribution in [0.15, 0.2) is 18.2 Å². The Balaban J connectivity index is 3.19. The van der Waals surface area contributed by atoms with Crippen molar-refractivity contribution in [1.29, 1.82) is 0 Å². The third-order valence-corrected chi connectivity index (χ3v) is 2.69. The Morgan fingerprint density at radius 2 is 1.80 bits per heavy atom. The molecule has 20 heavy (non-hydrogen) atoms. The summed E-state index contributed by atoms with van der Waals surface area (Å²) in [5, 5.41) is 0. The number of carbonyl (C=O) groups excluding carboxylic acids is 2. The van der Waals surface area contributed by atoms with E-state index >= 15 is 0 Å². The Bertz CT molecular complexity index is 485. The van der Waals surface area contributed by atoms with Gasteiger partial charge in [-0.3, -0.25) is 9.59 Å². The molecule has 0 saturated heterocycles. The van der Waals surface area contributed by atoms with Gasteiger partial charge in [0.2, 0.25) is 12.0 Å². The zero-order valence-corrected chi connectivity index (χ0v) is 11.9. The number of Topliss-reactive ketones (excluding diaryl/α,β-unsaturated/α-hetero) is 2. The molecule has 0 spiro atoms. The van der Waals surface area contributed by atoms with Gasteiger partial charge in [0.25, 0.3) is 0 Å². The molecule has 0 N–H and O–H groups in total. The van der Waals surface area contributed by atoms with Gasteiger partial charge >= 0.3 is 0 Å². The zero-order valence-electron chi connectivity index (χ0n) is 11.9. The van der Waals surface area contributed by atoms with Crippen molar-refractivity contribution in [3.8, 4) is 11.5 Å². The molecule has 0 fully saturated rings. The number of hydrogen-bond acceptors (Lipinski definition) is 4. The highest BCUT2D eigenvalue weighted by atomic mass is 19.1. The molecule has 0 aliphatic heterocycles. The van der Waals surface area contributed by atoms with Gasteiger partial charge in [0.1, 0.15) is 0 Å². The molecule has 0 radical (unpaired) electrons. The van der Waals surface area contributed by atoms with Gasteiger partial charge in [-0.15, -0.1) is 0 Å². The first-order chi connectivity index (χ1) is 9.56. The molecule has 1 unspecified atom stereocenters. The maximum Gasteiger partial charge on any atom is 0.220 e. The molecule has 110 valence electrons. The number of benzene rings is 1. The van der Waals surface area contributed by atoms with E-state index in [1.807, 2.05) is 0 Å². The largest absolute Gasteiger partial charge is 0.490 e. The highest BCUT2D eigenvalue weighted by Crippen LogP contribution is 2.32. The minimum absolute atomic E-state index is 0.0258. The van der Waals surface area contributed by atoms with Crippen LogP contribution in [0.3, 0.4) is 0 Å². The van der Waals surface area contributed by atoms with Crippen LogP contribution < -0.4 is 9.47 Å². The molecular weight excluding hydrogens is 263 g/mol. The minimum atomic E-state index is -2.16. The second-order valence-electron chi connectivity index (χ2n) is 4.05. The summed E-state index contributed by atoms with van der Waals surface area (Å²) in [5.41, 5.74) is 0.0344. The average Bonchev–Trinajstić information content (AvgIpc) is 2.47. The van der Waals surface area contributed by atoms with Crippen LogP contribution in [0, 0.1) is 0 Å². The number of carbonyl (C=O) groups is 2. The summed E-state index contributed by atoms with van der Waals surface area (Å²) in [6, 6.07) is 4.65. The SMILES string of the molecule is CCOc1cccc(C(=O)C(F)C(=O)CC)c1OCC. The summed E-state index contributed by atoms with van der Waals surface area (Å²) in [5.74, 6) is -1.06. The quantitative estimate of drug-likeness (QED) is 0.543. The smallest absolute Gasteiger partial charge is 0.220 e. The molecule has 0 amide bonds. The highest BCUT2D eigenvalue weighted by molar-refractivity contribution is 6.14. The maximum atomic E-state index is 13.8. The van der Waals surface area contributed by atoms with E-state index in [2.05, 4.69) is 0 Å². The number of hydrogen-bond donors (Lipinski definition) is 0. The van der Waals surface area contributed by atoms with Crippen LogP contribution in [0.1, 0.15) is 37.6 Å². The van der Waals surface area contributed by atoms with Crippen LogP contribution in [0.2, 0.25) is 0 Å². The van der Waals surface area contributed by atoms with Gasteiger partial charge in [-0.25, -0.2) is 4.39 Å². The third kappa shape index (κ3) is 3.56. The van der Waals surface area contributed by atoms with Crippen molar-refractivity contribution in [2.45, 2.75) is 33.4 Å². The van der Waals surface area contributed by atoms with Crippen LogP contribution in [-0.4, -0.2) is 31.0 Å². The van der Waals surface area contributed by atoms with Crippen LogP contribution in [-0.2, 0) is 4.79 Å². The van der Waals surface area contributed by atoms with Gasteiger partial charge in [0, 0.05) is 6.42 Å². The molecule has 0 aliphatic carbocycles. The van der Waals surface area contributed by atoms with Crippen LogP contribution >= 0.6 is 0 Å². The molecule has 0 heterocycles. The minimum Gasteiger partial charge on any atom is -0.490 e. The fourth-order valence-electron chi connectivity index (χ4n) is 1.73. The van der Waals surface area contributed by atoms with Gasteiger partial charge < -0.3 is 9.47 Å². The summed E-state index contributed by atoms with van der Waals surface area (Å²) in [6.45, 7) is 5.76. The summed E-state index contributed by atoms with van der Waals surface area (Å²) in [6.07, 6.45) is -2.18. The van der Waals surface area contributed by atoms with E-state index in [-0.39, 0.29) is 17.7 Å². The first-order valence-electron chi connectivity index (χ1n) is 6.66. The van der Waals surface area contributed by atoms with E-state index in [1.165, 1.54) is 13.0 Å². The Morgan fingerprint density at radius 1 is 1.15 bits per heavy atom. The standard InChI is InChI=1S/C15H19FO4/c1-4-11(17)13(16)14(18)10-8-7-9-12(19-5-2)15(10)20-6-3/h7-9,13H,4-6H2,1-3H3. The number of alkyl halides is 1. The Hall–Kier alpha value is -1.91. The summed E-state index contributed by atoms with van der Waals surface area (Å²) in [4.78, 5) is 23.4. The predicted molar refractivity (Wildman–Crippen MR) is 73.3 cm³/mol. The Morgan fingerprint density at radius 3 is 2.35 bits per heavy atom. The van der Waals surface area contributed by atoms with Crippen molar-refractivity contribution < 1.29 is 23.5 Å². The molecular formula is C15H19FO4. The molecule has 1 atom stereocenters. The summed E-state index contributed by atoms with van der Waals surface area (Å²) < 4.78 is 24.6. The number of rotatable bonds is 8. The van der Waals surface area contributed by atoms with Gasteiger partial charge in [0.15, 0.2) is 17.3 Å². The topological polar surface area (TPSA) is 52.6 Å². The zero-order chi connectivity index (χ0) is 15.1. The van der Waals surface area contributed by atoms with Crippen LogP contribution in [0.5, 0.6) is 11.5 Å². The van der Waals surface area contributed by atoms with Crippen molar-refractivity contribution >= 4 is 11.6 Å². The van der Waals surface area contributed by atoms with E-state index in [1.54, 1.807) is 26.0 Å². The fourth-order valence-corrected chi connectivity index (χ4v) is 1.73. The molecule has 5 heteroatoms. The number of ketones is 2. The van der Waals surface area contributed by atoms with Gasteiger partial charge in [0.05, 0.1) is 18.8 Å². The lowest BCUT2D eigenvalue weighted by Crippen LogP contribution is -2.25. The van der Waals surface area contributed by atoms with Crippen molar-refractivity contribution in [3.63, 3.8) is 0 Å². The van der Waals surface area contributed by atoms with Crippen LogP contribution in [0.25, 0.3) is 0 Å². The van der Waals surface area contributed by atoms with Crippen molar-refractivity contribution in [2.24, 2.45) is 0 Å². The number of para-hydroxylation sites is 1. The van der Waals surface area contributed by atoms with Gasteiger partial charge in [-0.2, -0.15) is 0 Å². The van der Waals surface area contributed by atoms with Crippen molar-refractivity contribution in [2.75, 3.05) is 13.2 Å². The van der Waals surface area contributed by atoms with E-state index in [0.29, 0.717) is 19.0 Å². The predicted octanol–water partition coefficient (Wildman–Crippen LogP) is 2.98. The van der Waals surface area contributed by atoms with Crippen molar-refractivity contribution in [3.05, 3.63) is 23.8 Å². The summed E-state index contributed by atoms with van der Waals surface area (Å²) >= 11 is 0. The maximum absolute atomic E-state index is 13.8. The normalized spacial score (nSPS) is 11.8. The molecule has 1 aromatic rings.